The molecule has 10 rings (SSSR count). The van der Waals surface area contributed by atoms with Crippen LogP contribution in [0.25, 0.3) is 97.3 Å². The Bertz CT molecular complexity index is 2620. The maximum absolute atomic E-state index is 2.47. The van der Waals surface area contributed by atoms with Gasteiger partial charge in [0, 0.05) is 0 Å². The molecule has 0 nitrogen and oxygen atoms in total. The van der Waals surface area contributed by atoms with Gasteiger partial charge in [-0.05, 0) is 122 Å². The monoisotopic (exact) mass is 502 g/mol. The van der Waals surface area contributed by atoms with E-state index in [1.807, 2.05) is 0 Å². The summed E-state index contributed by atoms with van der Waals surface area (Å²) in [4.78, 5) is 0. The normalized spacial score (nSPS) is 12.5. The van der Waals surface area contributed by atoms with Crippen molar-refractivity contribution in [2.75, 3.05) is 0 Å². The van der Waals surface area contributed by atoms with Crippen molar-refractivity contribution >= 4 is 86.2 Å². The van der Waals surface area contributed by atoms with Gasteiger partial charge in [-0.15, -0.1) is 0 Å². The van der Waals surface area contributed by atoms with Gasteiger partial charge in [0.05, 0.1) is 0 Å². The van der Waals surface area contributed by atoms with Crippen LogP contribution in [0.15, 0.2) is 133 Å². The summed E-state index contributed by atoms with van der Waals surface area (Å²) < 4.78 is 0. The molecule has 0 aliphatic rings. The summed E-state index contributed by atoms with van der Waals surface area (Å²) in [5.41, 5.74) is 2.58. The van der Waals surface area contributed by atoms with Crippen LogP contribution in [-0.2, 0) is 0 Å². The molecule has 0 aliphatic carbocycles. The first-order chi connectivity index (χ1) is 19.8. The van der Waals surface area contributed by atoms with E-state index >= 15 is 0 Å². The van der Waals surface area contributed by atoms with Gasteiger partial charge in [-0.25, -0.2) is 0 Å². The van der Waals surface area contributed by atoms with Crippen LogP contribution in [0.5, 0.6) is 0 Å². The van der Waals surface area contributed by atoms with Crippen molar-refractivity contribution in [1.82, 2.24) is 0 Å². The van der Waals surface area contributed by atoms with Crippen LogP contribution in [0.2, 0.25) is 0 Å². The maximum Gasteiger partial charge on any atom is -0.00137 e. The van der Waals surface area contributed by atoms with E-state index in [0.29, 0.717) is 0 Å². The summed E-state index contributed by atoms with van der Waals surface area (Å²) in [5, 5.41) is 21.6. The predicted molar refractivity (Wildman–Crippen MR) is 174 cm³/mol. The fraction of sp³-hybridized carbons (Fsp3) is 0. The first-order valence-corrected chi connectivity index (χ1v) is 14.0. The zero-order valence-electron chi connectivity index (χ0n) is 21.7. The van der Waals surface area contributed by atoms with E-state index in [-0.39, 0.29) is 0 Å². The molecule has 182 valence electrons. The zero-order valence-corrected chi connectivity index (χ0v) is 21.7. The summed E-state index contributed by atoms with van der Waals surface area (Å²) in [5.74, 6) is 0. The SMILES string of the molecule is c1ccc(-c2ccc3c4cc5c(cc4cc4c6ccccc6c2c34)c2cccc3c4ccccc4cc5c32)cc1. The molecule has 0 atom stereocenters. The molecular weight excluding hydrogens is 480 g/mol. The molecule has 0 radical (unpaired) electrons. The Balaban J connectivity index is 1.43. The van der Waals surface area contributed by atoms with Gasteiger partial charge in [-0.3, -0.25) is 0 Å². The Hall–Kier alpha value is -5.20. The van der Waals surface area contributed by atoms with Gasteiger partial charge in [0.2, 0.25) is 0 Å². The van der Waals surface area contributed by atoms with E-state index in [1.54, 1.807) is 0 Å². The molecule has 0 heteroatoms. The minimum atomic E-state index is 1.27. The topological polar surface area (TPSA) is 0 Å². The van der Waals surface area contributed by atoms with Crippen LogP contribution in [-0.4, -0.2) is 0 Å². The highest BCUT2D eigenvalue weighted by Gasteiger charge is 2.20. The van der Waals surface area contributed by atoms with Crippen LogP contribution in [0.3, 0.4) is 0 Å². The van der Waals surface area contributed by atoms with Crippen molar-refractivity contribution < 1.29 is 0 Å². The lowest BCUT2D eigenvalue weighted by Gasteiger charge is -2.11. The Kier molecular flexibility index (Phi) is 3.76. The van der Waals surface area contributed by atoms with E-state index in [4.69, 9.17) is 0 Å². The first kappa shape index (κ1) is 20.7. The fourth-order valence-electron chi connectivity index (χ4n) is 7.64. The van der Waals surface area contributed by atoms with E-state index in [2.05, 4.69) is 133 Å². The van der Waals surface area contributed by atoms with Gasteiger partial charge < -0.3 is 0 Å². The first-order valence-electron chi connectivity index (χ1n) is 14.0. The van der Waals surface area contributed by atoms with Crippen LogP contribution < -0.4 is 0 Å². The number of fused-ring (bicyclic) bond motifs is 10. The quantitative estimate of drug-likeness (QED) is 0.196. The van der Waals surface area contributed by atoms with Crippen molar-refractivity contribution in [3.05, 3.63) is 133 Å². The molecule has 0 aromatic heterocycles. The van der Waals surface area contributed by atoms with Crippen molar-refractivity contribution in [1.29, 1.82) is 0 Å². The summed E-state index contributed by atoms with van der Waals surface area (Å²) in [7, 11) is 0. The highest BCUT2D eigenvalue weighted by molar-refractivity contribution is 6.40. The molecule has 0 aliphatic heterocycles. The smallest absolute Gasteiger partial charge is 0.00137 e. The Morgan fingerprint density at radius 2 is 0.825 bits per heavy atom. The average molecular weight is 503 g/mol. The zero-order chi connectivity index (χ0) is 25.9. The van der Waals surface area contributed by atoms with Crippen molar-refractivity contribution in [2.45, 2.75) is 0 Å². The van der Waals surface area contributed by atoms with Gasteiger partial charge in [-0.1, -0.05) is 109 Å². The summed E-state index contributed by atoms with van der Waals surface area (Å²) in [6, 6.07) is 49.9. The lowest BCUT2D eigenvalue weighted by atomic mass is 9.92. The molecule has 0 bridgehead atoms. The number of rotatable bonds is 1. The largest absolute Gasteiger partial charge is 0.0622 e. The second kappa shape index (κ2) is 7.25. The molecule has 0 heterocycles. The number of hydrogen-bond acceptors (Lipinski definition) is 0. The van der Waals surface area contributed by atoms with Gasteiger partial charge in [0.1, 0.15) is 0 Å². The Morgan fingerprint density at radius 1 is 0.250 bits per heavy atom. The third kappa shape index (κ3) is 2.47. The molecule has 10 aromatic carbocycles. The lowest BCUT2D eigenvalue weighted by molar-refractivity contribution is 1.68. The molecular formula is C40H22. The van der Waals surface area contributed by atoms with Crippen LogP contribution in [0.4, 0.5) is 0 Å². The molecule has 0 fully saturated rings. The van der Waals surface area contributed by atoms with Gasteiger partial charge in [0.15, 0.2) is 0 Å². The second-order valence-corrected chi connectivity index (χ2v) is 11.2. The molecule has 0 saturated carbocycles. The summed E-state index contributed by atoms with van der Waals surface area (Å²) in [6.45, 7) is 0. The summed E-state index contributed by atoms with van der Waals surface area (Å²) >= 11 is 0. The van der Waals surface area contributed by atoms with Crippen molar-refractivity contribution in [2.24, 2.45) is 0 Å². The van der Waals surface area contributed by atoms with Gasteiger partial charge in [0.25, 0.3) is 0 Å². The Morgan fingerprint density at radius 3 is 1.70 bits per heavy atom. The molecule has 0 spiro atoms. The lowest BCUT2D eigenvalue weighted by Crippen LogP contribution is -1.83. The van der Waals surface area contributed by atoms with Crippen LogP contribution >= 0.6 is 0 Å². The van der Waals surface area contributed by atoms with E-state index in [0.717, 1.165) is 0 Å². The summed E-state index contributed by atoms with van der Waals surface area (Å²) in [6.07, 6.45) is 0. The predicted octanol–water partition coefficient (Wildman–Crippen LogP) is 11.5. The van der Waals surface area contributed by atoms with E-state index in [9.17, 15) is 0 Å². The molecule has 10 aromatic rings. The number of benzene rings is 8. The minimum absolute atomic E-state index is 1.27. The molecule has 0 unspecified atom stereocenters. The van der Waals surface area contributed by atoms with Crippen molar-refractivity contribution in [3.8, 4) is 11.1 Å². The minimum Gasteiger partial charge on any atom is -0.0622 e. The third-order valence-corrected chi connectivity index (χ3v) is 9.29. The van der Waals surface area contributed by atoms with Crippen molar-refractivity contribution in [3.63, 3.8) is 0 Å². The third-order valence-electron chi connectivity index (χ3n) is 9.29. The molecule has 40 heavy (non-hydrogen) atoms. The highest BCUT2D eigenvalue weighted by Crippen LogP contribution is 2.48. The van der Waals surface area contributed by atoms with E-state index in [1.165, 1.54) is 97.3 Å². The maximum atomic E-state index is 2.47. The van der Waals surface area contributed by atoms with E-state index < -0.39 is 0 Å². The second-order valence-electron chi connectivity index (χ2n) is 11.2. The average Bonchev–Trinajstić information content (AvgIpc) is 3.51. The fourth-order valence-corrected chi connectivity index (χ4v) is 7.64. The molecule has 0 saturated heterocycles. The molecule has 0 amide bonds. The van der Waals surface area contributed by atoms with Crippen LogP contribution in [0, 0.1) is 0 Å². The standard InChI is InChI=1S/C40H22/c1-2-9-23(10-3-1)27-17-18-32-33-22-35-34(20-25(33)21-36-28-13-6-7-14-30(28)39(27)40(32)36)31-16-8-15-29-26-12-5-4-11-24(26)19-37(35)38(29)31/h1-22H. The highest BCUT2D eigenvalue weighted by atomic mass is 14.2. The van der Waals surface area contributed by atoms with Gasteiger partial charge in [-0.2, -0.15) is 0 Å². The Labute approximate surface area is 230 Å². The number of hydrogen-bond donors (Lipinski definition) is 0. The molecule has 0 N–H and O–H groups in total. The van der Waals surface area contributed by atoms with Crippen LogP contribution in [0.1, 0.15) is 0 Å². The van der Waals surface area contributed by atoms with Gasteiger partial charge >= 0.3 is 0 Å².